The van der Waals surface area contributed by atoms with Gasteiger partial charge >= 0.3 is 18.1 Å². The molecule has 0 aliphatic carbocycles. The van der Waals surface area contributed by atoms with Gasteiger partial charge in [-0.05, 0) is 37.6 Å². The standard InChI is InChI=1S/C23H23F3N4O6S2/c1-5-30-15(10-36-14-8-6-7-13(9-14)23(24,25)26)28-29-22(30)37-11-16(31)27-19-17(20(32)34-3)12(2)18(38-19)21(33)35-4/h6-9H,5,10-11H2,1-4H3,(H,27,31). The number of hydrogen-bond donors (Lipinski definition) is 1. The van der Waals surface area contributed by atoms with Gasteiger partial charge in [-0.15, -0.1) is 21.5 Å². The Morgan fingerprint density at radius 2 is 1.84 bits per heavy atom. The molecule has 10 nitrogen and oxygen atoms in total. The van der Waals surface area contributed by atoms with E-state index in [4.69, 9.17) is 14.2 Å². The molecule has 0 aliphatic heterocycles. The summed E-state index contributed by atoms with van der Waals surface area (Å²) in [5.41, 5.74) is -0.445. The molecule has 0 spiro atoms. The predicted molar refractivity (Wildman–Crippen MR) is 133 cm³/mol. The molecule has 3 aromatic rings. The number of carbonyl (C=O) groups excluding carboxylic acids is 3. The first kappa shape index (κ1) is 29.0. The maximum absolute atomic E-state index is 12.9. The summed E-state index contributed by atoms with van der Waals surface area (Å²) in [7, 11) is 2.39. The van der Waals surface area contributed by atoms with Gasteiger partial charge in [0.05, 0.1) is 31.1 Å². The molecule has 0 unspecified atom stereocenters. The number of nitrogens with one attached hydrogen (secondary N) is 1. The summed E-state index contributed by atoms with van der Waals surface area (Å²) in [5, 5.41) is 11.2. The highest BCUT2D eigenvalue weighted by molar-refractivity contribution is 7.99. The summed E-state index contributed by atoms with van der Waals surface area (Å²) >= 11 is 1.95. The van der Waals surface area contributed by atoms with Gasteiger partial charge in [0.1, 0.15) is 22.2 Å². The molecule has 0 aliphatic rings. The van der Waals surface area contributed by atoms with Crippen LogP contribution in [0.4, 0.5) is 18.2 Å². The lowest BCUT2D eigenvalue weighted by atomic mass is 10.1. The van der Waals surface area contributed by atoms with Crippen LogP contribution in [0.3, 0.4) is 0 Å². The van der Waals surface area contributed by atoms with Crippen LogP contribution in [0.1, 0.15) is 43.9 Å². The maximum atomic E-state index is 12.9. The molecule has 1 amide bonds. The third-order valence-corrected chi connectivity index (χ3v) is 7.29. The van der Waals surface area contributed by atoms with Crippen LogP contribution in [-0.4, -0.2) is 52.6 Å². The number of alkyl halides is 3. The molecule has 204 valence electrons. The van der Waals surface area contributed by atoms with Crippen LogP contribution in [0.2, 0.25) is 0 Å². The Labute approximate surface area is 223 Å². The van der Waals surface area contributed by atoms with Gasteiger partial charge in [-0.25, -0.2) is 9.59 Å². The van der Waals surface area contributed by atoms with Crippen LogP contribution < -0.4 is 10.1 Å². The fourth-order valence-corrected chi connectivity index (χ4v) is 5.24. The van der Waals surface area contributed by atoms with E-state index in [2.05, 4.69) is 15.5 Å². The SMILES string of the molecule is CCn1c(COc2cccc(C(F)(F)F)c2)nnc1SCC(=O)Nc1sc(C(=O)OC)c(C)c1C(=O)OC. The molecular formula is C23H23F3N4O6S2. The van der Waals surface area contributed by atoms with Gasteiger partial charge in [-0.3, -0.25) is 4.79 Å². The van der Waals surface area contributed by atoms with Crippen molar-refractivity contribution in [3.05, 3.63) is 51.7 Å². The molecule has 38 heavy (non-hydrogen) atoms. The second-order valence-corrected chi connectivity index (χ2v) is 9.50. The number of hydrogen-bond acceptors (Lipinski definition) is 10. The Morgan fingerprint density at radius 3 is 2.47 bits per heavy atom. The Morgan fingerprint density at radius 1 is 1.13 bits per heavy atom. The summed E-state index contributed by atoms with van der Waals surface area (Å²) in [6.45, 7) is 3.64. The molecule has 15 heteroatoms. The van der Waals surface area contributed by atoms with E-state index in [9.17, 15) is 27.6 Å². The zero-order valence-electron chi connectivity index (χ0n) is 20.7. The Hall–Kier alpha value is -3.59. The second-order valence-electron chi connectivity index (χ2n) is 7.54. The summed E-state index contributed by atoms with van der Waals surface area (Å²) in [5.74, 6) is -1.57. The van der Waals surface area contributed by atoms with Gasteiger partial charge in [0.25, 0.3) is 0 Å². The number of carbonyl (C=O) groups is 3. The minimum absolute atomic E-state index is 0.0260. The highest BCUT2D eigenvalue weighted by Crippen LogP contribution is 2.35. The number of amides is 1. The van der Waals surface area contributed by atoms with Crippen LogP contribution in [0, 0.1) is 6.92 Å². The largest absolute Gasteiger partial charge is 0.486 e. The van der Waals surface area contributed by atoms with Gasteiger partial charge in [0.2, 0.25) is 5.91 Å². The van der Waals surface area contributed by atoms with Crippen LogP contribution in [0.25, 0.3) is 0 Å². The monoisotopic (exact) mass is 572 g/mol. The van der Waals surface area contributed by atoms with Gasteiger partial charge in [0.15, 0.2) is 11.0 Å². The van der Waals surface area contributed by atoms with Crippen molar-refractivity contribution < 1.29 is 41.8 Å². The number of halogens is 3. The number of methoxy groups -OCH3 is 2. The van der Waals surface area contributed by atoms with Crippen molar-refractivity contribution >= 4 is 45.9 Å². The molecule has 2 aromatic heterocycles. The average molecular weight is 573 g/mol. The normalized spacial score (nSPS) is 11.2. The van der Waals surface area contributed by atoms with E-state index in [1.165, 1.54) is 26.4 Å². The van der Waals surface area contributed by atoms with E-state index in [0.717, 1.165) is 35.2 Å². The molecule has 0 radical (unpaired) electrons. The lowest BCUT2D eigenvalue weighted by molar-refractivity contribution is -0.137. The lowest BCUT2D eigenvalue weighted by Gasteiger charge is -2.11. The number of aromatic nitrogens is 3. The summed E-state index contributed by atoms with van der Waals surface area (Å²) in [6.07, 6.45) is -4.49. The summed E-state index contributed by atoms with van der Waals surface area (Å²) in [4.78, 5) is 37.1. The molecule has 0 fully saturated rings. The zero-order chi connectivity index (χ0) is 28.0. The van der Waals surface area contributed by atoms with Gasteiger partial charge in [-0.2, -0.15) is 13.2 Å². The fourth-order valence-electron chi connectivity index (χ4n) is 3.29. The first-order chi connectivity index (χ1) is 18.0. The van der Waals surface area contributed by atoms with Crippen molar-refractivity contribution in [1.29, 1.82) is 0 Å². The number of nitrogens with zero attached hydrogens (tertiary/aromatic N) is 3. The lowest BCUT2D eigenvalue weighted by Crippen LogP contribution is -2.16. The Bertz CT molecular complexity index is 1340. The number of ether oxygens (including phenoxy) is 3. The van der Waals surface area contributed by atoms with Gasteiger partial charge in [0, 0.05) is 6.54 Å². The highest BCUT2D eigenvalue weighted by atomic mass is 32.2. The molecular weight excluding hydrogens is 549 g/mol. The smallest absolute Gasteiger partial charge is 0.416 e. The van der Waals surface area contributed by atoms with E-state index >= 15 is 0 Å². The van der Waals surface area contributed by atoms with Crippen molar-refractivity contribution in [2.45, 2.75) is 38.3 Å². The van der Waals surface area contributed by atoms with Crippen molar-refractivity contribution in [2.75, 3.05) is 25.3 Å². The first-order valence-electron chi connectivity index (χ1n) is 10.9. The van der Waals surface area contributed by atoms with Crippen molar-refractivity contribution in [3.63, 3.8) is 0 Å². The minimum Gasteiger partial charge on any atom is -0.486 e. The Kier molecular flexibility index (Phi) is 9.38. The Balaban J connectivity index is 1.68. The molecule has 1 aromatic carbocycles. The van der Waals surface area contributed by atoms with Crippen LogP contribution in [0.5, 0.6) is 5.75 Å². The molecule has 3 rings (SSSR count). The van der Waals surface area contributed by atoms with E-state index in [1.54, 1.807) is 11.5 Å². The van der Waals surface area contributed by atoms with E-state index in [1.807, 2.05) is 6.92 Å². The number of thioether (sulfide) groups is 1. The number of rotatable bonds is 10. The van der Waals surface area contributed by atoms with Crippen LogP contribution in [-0.2, 0) is 33.6 Å². The zero-order valence-corrected chi connectivity index (χ0v) is 22.3. The van der Waals surface area contributed by atoms with E-state index < -0.39 is 29.6 Å². The highest BCUT2D eigenvalue weighted by Gasteiger charge is 2.31. The topological polar surface area (TPSA) is 122 Å². The number of thiophene rings is 1. The van der Waals surface area contributed by atoms with Crippen LogP contribution in [0.15, 0.2) is 29.4 Å². The number of esters is 2. The van der Waals surface area contributed by atoms with Crippen LogP contribution >= 0.6 is 23.1 Å². The molecule has 0 bridgehead atoms. The molecule has 1 N–H and O–H groups in total. The molecule has 2 heterocycles. The summed E-state index contributed by atoms with van der Waals surface area (Å²) < 4.78 is 55.5. The van der Waals surface area contributed by atoms with Crippen molar-refractivity contribution in [2.24, 2.45) is 0 Å². The maximum Gasteiger partial charge on any atom is 0.416 e. The predicted octanol–water partition coefficient (Wildman–Crippen LogP) is 4.57. The number of anilines is 1. The third kappa shape index (κ3) is 6.64. The molecule has 0 saturated carbocycles. The van der Waals surface area contributed by atoms with E-state index in [0.29, 0.717) is 23.1 Å². The van der Waals surface area contributed by atoms with Gasteiger partial charge in [-0.1, -0.05) is 17.8 Å². The van der Waals surface area contributed by atoms with Gasteiger partial charge < -0.3 is 24.1 Å². The molecule has 0 atom stereocenters. The second kappa shape index (κ2) is 12.3. The van der Waals surface area contributed by atoms with Crippen molar-refractivity contribution in [1.82, 2.24) is 14.8 Å². The number of benzene rings is 1. The quantitative estimate of drug-likeness (QED) is 0.275. The summed E-state index contributed by atoms with van der Waals surface area (Å²) in [6, 6.07) is 4.50. The third-order valence-electron chi connectivity index (χ3n) is 5.13. The van der Waals surface area contributed by atoms with Crippen molar-refractivity contribution in [3.8, 4) is 5.75 Å². The minimum atomic E-state index is -4.49. The molecule has 0 saturated heterocycles. The average Bonchev–Trinajstić information content (AvgIpc) is 3.44. The van der Waals surface area contributed by atoms with E-state index in [-0.39, 0.29) is 33.6 Å². The first-order valence-corrected chi connectivity index (χ1v) is 12.7. The fraction of sp³-hybridized carbons (Fsp3) is 0.348.